The quantitative estimate of drug-likeness (QED) is 0.306. The minimum atomic E-state index is 1.04. The predicted molar refractivity (Wildman–Crippen MR) is 98.0 cm³/mol. The van der Waals surface area contributed by atoms with Gasteiger partial charge < -0.3 is 0 Å². The maximum Gasteiger partial charge on any atom is 0.0819 e. The molecular formula is C16H37B3. The summed E-state index contributed by atoms with van der Waals surface area (Å²) in [6, 6.07) is 0. The molecule has 0 aliphatic rings. The molecule has 0 aromatic rings. The molecule has 0 spiro atoms. The highest BCUT2D eigenvalue weighted by Crippen LogP contribution is 2.22. The highest BCUT2D eigenvalue weighted by molar-refractivity contribution is 7.24. The summed E-state index contributed by atoms with van der Waals surface area (Å²) in [7, 11) is 5.21. The van der Waals surface area contributed by atoms with Gasteiger partial charge >= 0.3 is 0 Å². The van der Waals surface area contributed by atoms with E-state index in [-0.39, 0.29) is 0 Å². The zero-order chi connectivity index (χ0) is 14.2. The molecule has 0 saturated carbocycles. The molecule has 0 aliphatic heterocycles. The summed E-state index contributed by atoms with van der Waals surface area (Å²) in [5.41, 5.74) is 0. The molecule has 0 amide bonds. The molecule has 110 valence electrons. The second kappa shape index (κ2) is 16.2. The number of hydrogen-bond acceptors (Lipinski definition) is 0. The van der Waals surface area contributed by atoms with Gasteiger partial charge in [0.1, 0.15) is 0 Å². The van der Waals surface area contributed by atoms with E-state index in [0.717, 1.165) is 5.82 Å². The van der Waals surface area contributed by atoms with Crippen molar-refractivity contribution in [2.24, 2.45) is 0 Å². The van der Waals surface area contributed by atoms with E-state index in [1.807, 2.05) is 0 Å². The Labute approximate surface area is 125 Å². The number of hydrogen-bond donors (Lipinski definition) is 0. The zero-order valence-electron chi connectivity index (χ0n) is 14.2. The van der Waals surface area contributed by atoms with Crippen LogP contribution >= 0.6 is 0 Å². The molecule has 0 rings (SSSR count). The van der Waals surface area contributed by atoms with Crippen molar-refractivity contribution in [3.05, 3.63) is 0 Å². The first-order valence-corrected chi connectivity index (χ1v) is 9.35. The van der Waals surface area contributed by atoms with Gasteiger partial charge in [-0.3, -0.25) is 0 Å². The van der Waals surface area contributed by atoms with Gasteiger partial charge in [0.2, 0.25) is 0 Å². The van der Waals surface area contributed by atoms with Gasteiger partial charge in [-0.1, -0.05) is 103 Å². The lowest BCUT2D eigenvalue weighted by molar-refractivity contribution is 0.537. The molecule has 3 heteroatoms. The Morgan fingerprint density at radius 2 is 1.11 bits per heavy atom. The van der Waals surface area contributed by atoms with Crippen LogP contribution in [0.4, 0.5) is 0 Å². The van der Waals surface area contributed by atoms with E-state index in [1.54, 1.807) is 0 Å². The summed E-state index contributed by atoms with van der Waals surface area (Å²) in [6.45, 7) is 4.61. The molecule has 1 atom stereocenters. The Balaban J connectivity index is 3.45. The lowest BCUT2D eigenvalue weighted by Crippen LogP contribution is -2.12. The van der Waals surface area contributed by atoms with Crippen molar-refractivity contribution in [1.82, 2.24) is 0 Å². The zero-order valence-corrected chi connectivity index (χ0v) is 14.2. The second-order valence-electron chi connectivity index (χ2n) is 6.41. The van der Waals surface area contributed by atoms with Crippen LogP contribution < -0.4 is 0 Å². The number of rotatable bonds is 15. The molecular weight excluding hydrogens is 225 g/mol. The van der Waals surface area contributed by atoms with Gasteiger partial charge in [-0.15, -0.1) is 0 Å². The fourth-order valence-corrected chi connectivity index (χ4v) is 3.09. The molecule has 0 aromatic heterocycles. The summed E-state index contributed by atoms with van der Waals surface area (Å²) in [5.74, 6) is 1.04. The predicted octanol–water partition coefficient (Wildman–Crippen LogP) is 4.22. The van der Waals surface area contributed by atoms with E-state index in [0.29, 0.717) is 0 Å². The largest absolute Gasteiger partial charge is 0.0819 e. The molecule has 1 unspecified atom stereocenters. The maximum absolute atomic E-state index is 2.35. The van der Waals surface area contributed by atoms with Gasteiger partial charge in [-0.25, -0.2) is 0 Å². The van der Waals surface area contributed by atoms with Crippen LogP contribution in [0.2, 0.25) is 5.82 Å². The average Bonchev–Trinajstić information content (AvgIpc) is 2.42. The van der Waals surface area contributed by atoms with Crippen LogP contribution in [-0.2, 0) is 0 Å². The van der Waals surface area contributed by atoms with Gasteiger partial charge in [0.05, 0.1) is 22.0 Å². The van der Waals surface area contributed by atoms with Crippen LogP contribution in [-0.4, -0.2) is 22.0 Å². The van der Waals surface area contributed by atoms with Crippen molar-refractivity contribution in [2.75, 3.05) is 0 Å². The third kappa shape index (κ3) is 14.4. The SMILES string of the molecule is BBBC(CCCCCCC)CCCCCCCC. The smallest absolute Gasteiger partial charge is 0.0740 e. The third-order valence-corrected chi connectivity index (χ3v) is 4.38. The van der Waals surface area contributed by atoms with E-state index < -0.39 is 0 Å². The van der Waals surface area contributed by atoms with Crippen molar-refractivity contribution in [3.63, 3.8) is 0 Å². The summed E-state index contributed by atoms with van der Waals surface area (Å²) < 4.78 is 0. The standard InChI is InChI=1S/C16H37B3/c1-3-5-7-9-11-13-15-16(18-19-17)14-12-10-8-6-4-2/h16,18-19H,3-15,17H2,1-2H3. The highest BCUT2D eigenvalue weighted by atomic mass is 14.0. The van der Waals surface area contributed by atoms with Crippen LogP contribution in [0.3, 0.4) is 0 Å². The number of unbranched alkanes of at least 4 members (excludes halogenated alkanes) is 9. The Morgan fingerprint density at radius 3 is 1.53 bits per heavy atom. The van der Waals surface area contributed by atoms with Crippen molar-refractivity contribution < 1.29 is 0 Å². The van der Waals surface area contributed by atoms with Crippen molar-refractivity contribution in [3.8, 4) is 0 Å². The summed E-state index contributed by atoms with van der Waals surface area (Å²) >= 11 is 0. The van der Waals surface area contributed by atoms with Crippen LogP contribution in [0.1, 0.15) is 97.3 Å². The molecule has 0 fully saturated rings. The Bertz CT molecular complexity index is 162. The molecule has 0 aliphatic carbocycles. The molecule has 0 saturated heterocycles. The molecule has 0 aromatic carbocycles. The summed E-state index contributed by atoms with van der Waals surface area (Å²) in [4.78, 5) is 0. The van der Waals surface area contributed by atoms with Gasteiger partial charge in [0.15, 0.2) is 0 Å². The maximum atomic E-state index is 2.35. The summed E-state index contributed by atoms with van der Waals surface area (Å²) in [6.07, 6.45) is 19.0. The molecule has 0 bridgehead atoms. The molecule has 19 heavy (non-hydrogen) atoms. The van der Waals surface area contributed by atoms with Crippen molar-refractivity contribution in [2.45, 2.75) is 103 Å². The van der Waals surface area contributed by atoms with Crippen LogP contribution in [0, 0.1) is 0 Å². The van der Waals surface area contributed by atoms with E-state index in [2.05, 4.69) is 21.6 Å². The average molecular weight is 262 g/mol. The first kappa shape index (κ1) is 19.2. The third-order valence-electron chi connectivity index (χ3n) is 4.38. The summed E-state index contributed by atoms with van der Waals surface area (Å²) in [5, 5.41) is 0. The van der Waals surface area contributed by atoms with Crippen LogP contribution in [0.15, 0.2) is 0 Å². The van der Waals surface area contributed by atoms with E-state index in [1.165, 1.54) is 97.7 Å². The van der Waals surface area contributed by atoms with Crippen molar-refractivity contribution in [1.29, 1.82) is 0 Å². The molecule has 0 nitrogen and oxygen atoms in total. The lowest BCUT2D eigenvalue weighted by Gasteiger charge is -2.15. The van der Waals surface area contributed by atoms with E-state index in [9.17, 15) is 0 Å². The van der Waals surface area contributed by atoms with Crippen LogP contribution in [0.25, 0.3) is 0 Å². The Morgan fingerprint density at radius 1 is 0.684 bits per heavy atom. The van der Waals surface area contributed by atoms with E-state index in [4.69, 9.17) is 0 Å². The Hall–Kier alpha value is 0.195. The van der Waals surface area contributed by atoms with Gasteiger partial charge in [-0.05, 0) is 0 Å². The van der Waals surface area contributed by atoms with Crippen molar-refractivity contribution >= 4 is 22.0 Å². The van der Waals surface area contributed by atoms with Gasteiger partial charge in [0, 0.05) is 0 Å². The topological polar surface area (TPSA) is 0 Å². The minimum absolute atomic E-state index is 1.04. The Kier molecular flexibility index (Phi) is 16.4. The lowest BCUT2D eigenvalue weighted by atomic mass is 9.23. The highest BCUT2D eigenvalue weighted by Gasteiger charge is 2.08. The fourth-order valence-electron chi connectivity index (χ4n) is 3.09. The van der Waals surface area contributed by atoms with Gasteiger partial charge in [-0.2, -0.15) is 0 Å². The first-order chi connectivity index (χ1) is 9.35. The second-order valence-corrected chi connectivity index (χ2v) is 6.41. The van der Waals surface area contributed by atoms with Gasteiger partial charge in [0.25, 0.3) is 0 Å². The van der Waals surface area contributed by atoms with E-state index >= 15 is 0 Å². The molecule has 0 N–H and O–H groups in total. The minimum Gasteiger partial charge on any atom is -0.0740 e. The normalized spacial score (nSPS) is 12.3. The molecule has 0 radical (unpaired) electrons. The monoisotopic (exact) mass is 262 g/mol. The first-order valence-electron chi connectivity index (χ1n) is 9.35. The fraction of sp³-hybridized carbons (Fsp3) is 1.00. The van der Waals surface area contributed by atoms with Crippen LogP contribution in [0.5, 0.6) is 0 Å². The molecule has 0 heterocycles.